The second kappa shape index (κ2) is 5.10. The first-order valence-corrected chi connectivity index (χ1v) is 6.33. The van der Waals surface area contributed by atoms with Gasteiger partial charge < -0.3 is 9.64 Å². The molecule has 0 amide bonds. The Bertz CT molecular complexity index is 580. The molecular formula is C11H13ClN6O. The van der Waals surface area contributed by atoms with Crippen LogP contribution in [0.1, 0.15) is 0 Å². The minimum absolute atomic E-state index is 0.190. The SMILES string of the molecule is Cn1cc(-c2nc(Cl)nc(N3CCOCC3)n2)cn1. The Morgan fingerprint density at radius 1 is 1.21 bits per heavy atom. The van der Waals surface area contributed by atoms with Gasteiger partial charge in [-0.1, -0.05) is 0 Å². The Morgan fingerprint density at radius 3 is 2.68 bits per heavy atom. The highest BCUT2D eigenvalue weighted by molar-refractivity contribution is 6.28. The third-order valence-corrected chi connectivity index (χ3v) is 3.02. The molecule has 1 aliphatic rings. The molecule has 2 aromatic heterocycles. The van der Waals surface area contributed by atoms with Gasteiger partial charge in [-0.15, -0.1) is 0 Å². The molecule has 1 aliphatic heterocycles. The highest BCUT2D eigenvalue weighted by atomic mass is 35.5. The largest absolute Gasteiger partial charge is 0.378 e. The van der Waals surface area contributed by atoms with Gasteiger partial charge in [0.2, 0.25) is 11.2 Å². The summed E-state index contributed by atoms with van der Waals surface area (Å²) >= 11 is 5.98. The standard InChI is InChI=1S/C11H13ClN6O/c1-17-7-8(6-13-17)9-14-10(12)16-11(15-9)18-2-4-19-5-3-18/h6-7H,2-5H2,1H3. The third kappa shape index (κ3) is 2.66. The molecule has 2 aromatic rings. The van der Waals surface area contributed by atoms with E-state index in [0.717, 1.165) is 18.7 Å². The van der Waals surface area contributed by atoms with E-state index in [2.05, 4.69) is 20.1 Å². The summed E-state index contributed by atoms with van der Waals surface area (Å²) in [7, 11) is 1.84. The maximum absolute atomic E-state index is 5.98. The zero-order valence-electron chi connectivity index (χ0n) is 10.5. The molecular weight excluding hydrogens is 268 g/mol. The lowest BCUT2D eigenvalue weighted by molar-refractivity contribution is 0.122. The number of hydrogen-bond acceptors (Lipinski definition) is 6. The molecule has 7 nitrogen and oxygen atoms in total. The van der Waals surface area contributed by atoms with Crippen LogP contribution in [0.15, 0.2) is 12.4 Å². The average Bonchev–Trinajstić information content (AvgIpc) is 2.86. The van der Waals surface area contributed by atoms with Crippen LogP contribution in [0, 0.1) is 0 Å². The Balaban J connectivity index is 1.95. The Morgan fingerprint density at radius 2 is 2.00 bits per heavy atom. The molecule has 3 heterocycles. The number of ether oxygens (including phenoxy) is 1. The second-order valence-corrected chi connectivity index (χ2v) is 4.57. The normalized spacial score (nSPS) is 15.8. The molecule has 0 bridgehead atoms. The molecule has 8 heteroatoms. The second-order valence-electron chi connectivity index (χ2n) is 4.23. The van der Waals surface area contributed by atoms with E-state index in [-0.39, 0.29) is 5.28 Å². The predicted octanol–water partition coefficient (Wildman–Crippen LogP) is 0.762. The first kappa shape index (κ1) is 12.3. The van der Waals surface area contributed by atoms with Gasteiger partial charge >= 0.3 is 0 Å². The number of halogens is 1. The van der Waals surface area contributed by atoms with Gasteiger partial charge in [-0.05, 0) is 11.6 Å². The van der Waals surface area contributed by atoms with Gasteiger partial charge in [0.1, 0.15) is 0 Å². The highest BCUT2D eigenvalue weighted by Gasteiger charge is 2.17. The van der Waals surface area contributed by atoms with Gasteiger partial charge in [-0.3, -0.25) is 4.68 Å². The van der Waals surface area contributed by atoms with Crippen LogP contribution < -0.4 is 4.90 Å². The van der Waals surface area contributed by atoms with Crippen molar-refractivity contribution in [1.82, 2.24) is 24.7 Å². The summed E-state index contributed by atoms with van der Waals surface area (Å²) < 4.78 is 7.01. The van der Waals surface area contributed by atoms with E-state index in [1.807, 2.05) is 18.1 Å². The lowest BCUT2D eigenvalue weighted by Gasteiger charge is -2.26. The van der Waals surface area contributed by atoms with Gasteiger partial charge in [-0.2, -0.15) is 20.1 Å². The van der Waals surface area contributed by atoms with Crippen molar-refractivity contribution in [2.24, 2.45) is 7.05 Å². The van der Waals surface area contributed by atoms with Crippen molar-refractivity contribution in [2.75, 3.05) is 31.2 Å². The van der Waals surface area contributed by atoms with Crippen molar-refractivity contribution in [1.29, 1.82) is 0 Å². The van der Waals surface area contributed by atoms with E-state index in [4.69, 9.17) is 16.3 Å². The van der Waals surface area contributed by atoms with Crippen LogP contribution in [0.5, 0.6) is 0 Å². The first-order chi connectivity index (χ1) is 9.22. The maximum atomic E-state index is 5.98. The summed E-state index contributed by atoms with van der Waals surface area (Å²) in [5.41, 5.74) is 0.821. The van der Waals surface area contributed by atoms with Crippen LogP contribution >= 0.6 is 11.6 Å². The number of morpholine rings is 1. The van der Waals surface area contributed by atoms with E-state index in [9.17, 15) is 0 Å². The molecule has 1 saturated heterocycles. The predicted molar refractivity (Wildman–Crippen MR) is 70.1 cm³/mol. The third-order valence-electron chi connectivity index (χ3n) is 2.85. The zero-order valence-corrected chi connectivity index (χ0v) is 11.2. The molecule has 0 atom stereocenters. The minimum Gasteiger partial charge on any atom is -0.378 e. The molecule has 19 heavy (non-hydrogen) atoms. The quantitative estimate of drug-likeness (QED) is 0.809. The molecule has 0 saturated carbocycles. The van der Waals surface area contributed by atoms with Crippen LogP contribution in [0.2, 0.25) is 5.28 Å². The fourth-order valence-corrected chi connectivity index (χ4v) is 2.07. The van der Waals surface area contributed by atoms with Gasteiger partial charge in [0.05, 0.1) is 25.0 Å². The summed E-state index contributed by atoms with van der Waals surface area (Å²) in [5.74, 6) is 1.12. The van der Waals surface area contributed by atoms with Crippen molar-refractivity contribution in [3.8, 4) is 11.4 Å². The molecule has 0 aliphatic carbocycles. The van der Waals surface area contributed by atoms with Crippen molar-refractivity contribution < 1.29 is 4.74 Å². The zero-order chi connectivity index (χ0) is 13.2. The minimum atomic E-state index is 0.190. The first-order valence-electron chi connectivity index (χ1n) is 5.95. The number of nitrogens with zero attached hydrogens (tertiary/aromatic N) is 6. The number of aryl methyl sites for hydroxylation is 1. The van der Waals surface area contributed by atoms with Gasteiger partial charge in [0, 0.05) is 26.3 Å². The van der Waals surface area contributed by atoms with E-state index >= 15 is 0 Å². The summed E-state index contributed by atoms with van der Waals surface area (Å²) in [6, 6.07) is 0. The van der Waals surface area contributed by atoms with Crippen molar-refractivity contribution in [3.63, 3.8) is 0 Å². The lowest BCUT2D eigenvalue weighted by atomic mass is 10.3. The summed E-state index contributed by atoms with van der Waals surface area (Å²) in [6.45, 7) is 2.86. The summed E-state index contributed by atoms with van der Waals surface area (Å²) in [5, 5.41) is 4.29. The fourth-order valence-electron chi connectivity index (χ4n) is 1.91. The van der Waals surface area contributed by atoms with E-state index in [0.29, 0.717) is 25.0 Å². The molecule has 3 rings (SSSR count). The Kier molecular flexibility index (Phi) is 3.31. The highest BCUT2D eigenvalue weighted by Crippen LogP contribution is 2.19. The van der Waals surface area contributed by atoms with Crippen LogP contribution in [-0.2, 0) is 11.8 Å². The van der Waals surface area contributed by atoms with Gasteiger partial charge in [0.25, 0.3) is 0 Å². The monoisotopic (exact) mass is 280 g/mol. The van der Waals surface area contributed by atoms with Crippen molar-refractivity contribution >= 4 is 17.5 Å². The smallest absolute Gasteiger partial charge is 0.230 e. The van der Waals surface area contributed by atoms with E-state index < -0.39 is 0 Å². The lowest BCUT2D eigenvalue weighted by Crippen LogP contribution is -2.37. The molecule has 1 fully saturated rings. The van der Waals surface area contributed by atoms with E-state index in [1.165, 1.54) is 0 Å². The Labute approximate surface area is 115 Å². The topological polar surface area (TPSA) is 69.0 Å². The van der Waals surface area contributed by atoms with Crippen LogP contribution in [-0.4, -0.2) is 51.0 Å². The van der Waals surface area contributed by atoms with E-state index in [1.54, 1.807) is 10.9 Å². The fraction of sp³-hybridized carbons (Fsp3) is 0.455. The van der Waals surface area contributed by atoms with Gasteiger partial charge in [-0.25, -0.2) is 0 Å². The number of anilines is 1. The molecule has 0 radical (unpaired) electrons. The summed E-state index contributed by atoms with van der Waals surface area (Å²) in [4.78, 5) is 14.8. The maximum Gasteiger partial charge on any atom is 0.230 e. The molecule has 100 valence electrons. The number of aromatic nitrogens is 5. The summed E-state index contributed by atoms with van der Waals surface area (Å²) in [6.07, 6.45) is 3.55. The van der Waals surface area contributed by atoms with Crippen molar-refractivity contribution in [3.05, 3.63) is 17.7 Å². The van der Waals surface area contributed by atoms with Crippen LogP contribution in [0.4, 0.5) is 5.95 Å². The molecule has 0 N–H and O–H groups in total. The van der Waals surface area contributed by atoms with Crippen LogP contribution in [0.25, 0.3) is 11.4 Å². The molecule has 0 spiro atoms. The van der Waals surface area contributed by atoms with Crippen LogP contribution in [0.3, 0.4) is 0 Å². The van der Waals surface area contributed by atoms with Gasteiger partial charge in [0.15, 0.2) is 5.82 Å². The number of rotatable bonds is 2. The molecule has 0 unspecified atom stereocenters. The molecule has 0 aromatic carbocycles. The average molecular weight is 281 g/mol. The Hall–Kier alpha value is -1.73. The van der Waals surface area contributed by atoms with Crippen molar-refractivity contribution in [2.45, 2.75) is 0 Å². The number of hydrogen-bond donors (Lipinski definition) is 0.